The number of phenols is 3. The maximum Gasteiger partial charge on any atom is 0.270 e. The van der Waals surface area contributed by atoms with Crippen molar-refractivity contribution in [3.8, 4) is 23.0 Å². The highest BCUT2D eigenvalue weighted by Crippen LogP contribution is 2.45. The molecule has 4 rings (SSSR count). The number of hydrogen-bond donors (Lipinski definition) is 7. The fourth-order valence-electron chi connectivity index (χ4n) is 3.58. The molecule has 2 aliphatic heterocycles. The molecule has 10 heteroatoms. The van der Waals surface area contributed by atoms with Crippen LogP contribution in [0.2, 0.25) is 0 Å². The van der Waals surface area contributed by atoms with Gasteiger partial charge in [0.2, 0.25) is 6.29 Å². The fraction of sp³-hybridized carbons (Fsp3) is 0.333. The van der Waals surface area contributed by atoms with E-state index in [4.69, 9.17) is 9.47 Å². The van der Waals surface area contributed by atoms with Crippen LogP contribution in [-0.2, 0) is 9.47 Å². The molecule has 2 aromatic carbocycles. The third-order valence-corrected chi connectivity index (χ3v) is 5.25. The molecule has 10 nitrogen and oxygen atoms in total. The highest BCUT2D eigenvalue weighted by atomic mass is 16.7. The van der Waals surface area contributed by atoms with Crippen LogP contribution in [0.5, 0.6) is 23.0 Å². The number of fused-ring (bicyclic) bond motifs is 1. The third kappa shape index (κ3) is 3.99. The summed E-state index contributed by atoms with van der Waals surface area (Å²) >= 11 is 0. The van der Waals surface area contributed by atoms with Gasteiger partial charge < -0.3 is 50.0 Å². The molecule has 31 heavy (non-hydrogen) atoms. The molecule has 0 spiro atoms. The van der Waals surface area contributed by atoms with E-state index in [0.29, 0.717) is 5.56 Å². The van der Waals surface area contributed by atoms with E-state index in [-0.39, 0.29) is 34.3 Å². The Morgan fingerprint density at radius 2 is 1.61 bits per heavy atom. The van der Waals surface area contributed by atoms with Gasteiger partial charge in [-0.2, -0.15) is 0 Å². The Labute approximate surface area is 176 Å². The lowest BCUT2D eigenvalue weighted by Gasteiger charge is -2.40. The van der Waals surface area contributed by atoms with E-state index in [1.165, 1.54) is 24.3 Å². The highest BCUT2D eigenvalue weighted by Gasteiger charge is 2.46. The Hall–Kier alpha value is -3.02. The van der Waals surface area contributed by atoms with Crippen LogP contribution < -0.4 is 0 Å². The molecule has 2 aromatic rings. The molecular formula is C21H23O10+. The molecule has 0 amide bonds. The van der Waals surface area contributed by atoms with E-state index in [1.807, 2.05) is 0 Å². The second-order valence-electron chi connectivity index (χ2n) is 7.38. The topological polar surface area (TPSA) is 173 Å². The summed E-state index contributed by atoms with van der Waals surface area (Å²) < 4.78 is 15.7. The van der Waals surface area contributed by atoms with Crippen LogP contribution in [-0.4, -0.2) is 77.8 Å². The van der Waals surface area contributed by atoms with Crippen molar-refractivity contribution in [2.24, 2.45) is 0 Å². The molecule has 1 fully saturated rings. The molecular weight excluding hydrogens is 412 g/mol. The van der Waals surface area contributed by atoms with Crippen LogP contribution in [0, 0.1) is 0 Å². The van der Waals surface area contributed by atoms with Gasteiger partial charge in [0.15, 0.2) is 5.76 Å². The smallest absolute Gasteiger partial charge is 0.270 e. The number of phenolic OH excluding ortho intramolecular Hbond substituents is 3. The molecule has 166 valence electrons. The van der Waals surface area contributed by atoms with Crippen LogP contribution in [0.25, 0.3) is 6.08 Å². The first kappa shape index (κ1) is 21.2. The van der Waals surface area contributed by atoms with Crippen LogP contribution >= 0.6 is 0 Å². The van der Waals surface area contributed by atoms with E-state index < -0.39 is 43.4 Å². The van der Waals surface area contributed by atoms with Crippen LogP contribution in [0.3, 0.4) is 0 Å². The minimum absolute atomic E-state index is 0.0376. The standard InChI is InChI=1S/C21H22O10/c22-8-16-17(26)18(27)19(28)21(31-16)30-15-7-12-13(25)5-11(24)6-14(12)29-20(15)9-1-3-10(23)4-2-9/h1-7,16-28H,8H2/p+1/t16-,17-,18-,19-,20?,21+/m0/s1. The molecule has 1 unspecified atom stereocenters. The summed E-state index contributed by atoms with van der Waals surface area (Å²) in [6.07, 6.45) is -6.74. The van der Waals surface area contributed by atoms with Crippen LogP contribution in [0.1, 0.15) is 17.2 Å². The number of aliphatic hydroxyl groups is 5. The molecule has 6 atom stereocenters. The Morgan fingerprint density at radius 3 is 2.29 bits per heavy atom. The number of aliphatic hydroxyl groups excluding tert-OH is 4. The lowest BCUT2D eigenvalue weighted by atomic mass is 9.98. The molecule has 0 bridgehead atoms. The summed E-state index contributed by atoms with van der Waals surface area (Å²) in [4.78, 5) is 0. The number of rotatable bonds is 4. The molecule has 0 saturated carbocycles. The first-order valence-corrected chi connectivity index (χ1v) is 9.53. The number of benzene rings is 2. The molecule has 0 aromatic heterocycles. The van der Waals surface area contributed by atoms with Gasteiger partial charge in [0.1, 0.15) is 47.2 Å². The van der Waals surface area contributed by atoms with E-state index in [1.54, 1.807) is 12.1 Å². The minimum atomic E-state index is -1.63. The van der Waals surface area contributed by atoms with Crippen molar-refractivity contribution in [1.82, 2.24) is 0 Å². The second kappa shape index (κ2) is 8.25. The van der Waals surface area contributed by atoms with Gasteiger partial charge in [0.25, 0.3) is 11.9 Å². The van der Waals surface area contributed by atoms with Crippen LogP contribution in [0.15, 0.2) is 42.2 Å². The van der Waals surface area contributed by atoms with Gasteiger partial charge in [0, 0.05) is 12.1 Å². The number of hydrogen-bond acceptors (Lipinski definition) is 9. The van der Waals surface area contributed by atoms with E-state index in [9.17, 15) is 35.7 Å². The average molecular weight is 435 g/mol. The summed E-state index contributed by atoms with van der Waals surface area (Å²) in [5.41, 5.74) is 0.842. The van der Waals surface area contributed by atoms with E-state index in [2.05, 4.69) is 4.74 Å². The Morgan fingerprint density at radius 1 is 0.903 bits per heavy atom. The van der Waals surface area contributed by atoms with Gasteiger partial charge in [-0.15, -0.1) is 0 Å². The van der Waals surface area contributed by atoms with Crippen molar-refractivity contribution >= 4 is 6.08 Å². The van der Waals surface area contributed by atoms with Gasteiger partial charge in [-0.3, -0.25) is 0 Å². The monoisotopic (exact) mass is 435 g/mol. The summed E-state index contributed by atoms with van der Waals surface area (Å²) in [6.45, 7) is -0.613. The predicted molar refractivity (Wildman–Crippen MR) is 105 cm³/mol. The Kier molecular flexibility index (Phi) is 5.65. The maximum atomic E-state index is 10.3. The van der Waals surface area contributed by atoms with Crippen molar-refractivity contribution < 1.29 is 50.0 Å². The summed E-state index contributed by atoms with van der Waals surface area (Å²) in [7, 11) is 0. The van der Waals surface area contributed by atoms with E-state index in [0.717, 1.165) is 6.07 Å². The molecule has 2 aliphatic rings. The summed E-state index contributed by atoms with van der Waals surface area (Å²) in [5, 5.41) is 69.3. The van der Waals surface area contributed by atoms with Gasteiger partial charge in [-0.25, -0.2) is 0 Å². The molecule has 2 heterocycles. The van der Waals surface area contributed by atoms with Crippen LogP contribution in [0.4, 0.5) is 0 Å². The van der Waals surface area contributed by atoms with Gasteiger partial charge in [0.05, 0.1) is 18.2 Å². The predicted octanol–water partition coefficient (Wildman–Crippen LogP) is -0.0430. The highest BCUT2D eigenvalue weighted by molar-refractivity contribution is 5.69. The first-order valence-electron chi connectivity index (χ1n) is 9.53. The largest absolute Gasteiger partial charge is 0.571 e. The Balaban J connectivity index is 1.72. The fourth-order valence-corrected chi connectivity index (χ4v) is 3.58. The lowest BCUT2D eigenvalue weighted by molar-refractivity contribution is -0.295. The van der Waals surface area contributed by atoms with Crippen molar-refractivity contribution in [1.29, 1.82) is 0 Å². The number of ether oxygens (including phenoxy) is 3. The maximum absolute atomic E-state index is 10.3. The molecule has 8 N–H and O–H groups in total. The SMILES string of the molecule is OC[C@@H]1O[C@@H](OC2=Cc3c(O)cc(O)cc3[OH+]C2c2ccc(O)cc2)[C@@H](O)[C@@H](O)[C@H]1O. The molecule has 1 saturated heterocycles. The van der Waals surface area contributed by atoms with Gasteiger partial charge in [-0.05, 0) is 24.3 Å². The summed E-state index contributed by atoms with van der Waals surface area (Å²) in [5.74, 6) is 0.0184. The molecule has 0 radical (unpaired) electrons. The van der Waals surface area contributed by atoms with Crippen molar-refractivity contribution in [2.45, 2.75) is 36.8 Å². The zero-order valence-corrected chi connectivity index (χ0v) is 16.1. The van der Waals surface area contributed by atoms with Crippen molar-refractivity contribution in [2.75, 3.05) is 6.61 Å². The summed E-state index contributed by atoms with van der Waals surface area (Å²) in [6, 6.07) is 8.60. The molecule has 0 aliphatic carbocycles. The third-order valence-electron chi connectivity index (χ3n) is 5.25. The van der Waals surface area contributed by atoms with Gasteiger partial charge in [-0.1, -0.05) is 0 Å². The van der Waals surface area contributed by atoms with Crippen molar-refractivity contribution in [3.05, 3.63) is 53.3 Å². The lowest BCUT2D eigenvalue weighted by Crippen LogP contribution is -2.59. The zero-order valence-electron chi connectivity index (χ0n) is 16.1. The van der Waals surface area contributed by atoms with Gasteiger partial charge >= 0.3 is 0 Å². The Bertz CT molecular complexity index is 971. The zero-order chi connectivity index (χ0) is 22.3. The number of aromatic hydroxyl groups is 4. The van der Waals surface area contributed by atoms with E-state index >= 15 is 0 Å². The normalized spacial score (nSPS) is 30.1. The average Bonchev–Trinajstić information content (AvgIpc) is 2.74. The quantitative estimate of drug-likeness (QED) is 0.325. The minimum Gasteiger partial charge on any atom is -0.571 e. The van der Waals surface area contributed by atoms with Crippen molar-refractivity contribution in [3.63, 3.8) is 0 Å². The second-order valence-corrected chi connectivity index (χ2v) is 7.38. The first-order chi connectivity index (χ1) is 14.8.